The van der Waals surface area contributed by atoms with Crippen LogP contribution in [0.15, 0.2) is 0 Å². The van der Waals surface area contributed by atoms with Crippen molar-refractivity contribution in [1.29, 1.82) is 0 Å². The Kier molecular flexibility index (Phi) is 3.93. The fraction of sp³-hybridized carbons (Fsp3) is 0.636. The van der Waals surface area contributed by atoms with Crippen molar-refractivity contribution < 1.29 is 4.79 Å². The predicted molar refractivity (Wildman–Crippen MR) is 63.2 cm³/mol. The largest absolute Gasteiger partial charge is 0.334 e. The van der Waals surface area contributed by atoms with Crippen LogP contribution in [0.1, 0.15) is 23.9 Å². The molecule has 0 bridgehead atoms. The summed E-state index contributed by atoms with van der Waals surface area (Å²) in [4.78, 5) is 13.2. The van der Waals surface area contributed by atoms with E-state index in [0.29, 0.717) is 13.1 Å². The highest BCUT2D eigenvalue weighted by Crippen LogP contribution is 2.11. The van der Waals surface area contributed by atoms with E-state index in [1.54, 1.807) is 11.9 Å². The molecule has 0 saturated heterocycles. The predicted octanol–water partition coefficient (Wildman–Crippen LogP) is 1.20. The first kappa shape index (κ1) is 12.5. The Balaban J connectivity index is 2.65. The molecule has 0 aromatic carbocycles. The summed E-state index contributed by atoms with van der Waals surface area (Å²) >= 11 is 0. The summed E-state index contributed by atoms with van der Waals surface area (Å²) in [5.74, 6) is 0. The van der Waals surface area contributed by atoms with Gasteiger partial charge in [-0.15, -0.1) is 0 Å². The minimum atomic E-state index is -0.0508. The van der Waals surface area contributed by atoms with Crippen LogP contribution in [0.4, 0.5) is 4.79 Å². The quantitative estimate of drug-likeness (QED) is 0.838. The molecular formula is C11H20N4O. The molecule has 1 N–H and O–H groups in total. The molecule has 1 aromatic heterocycles. The average Bonchev–Trinajstić information content (AvgIpc) is 2.49. The van der Waals surface area contributed by atoms with Gasteiger partial charge in [-0.1, -0.05) is 0 Å². The molecular weight excluding hydrogens is 204 g/mol. The van der Waals surface area contributed by atoms with Gasteiger partial charge in [-0.3, -0.25) is 4.68 Å². The number of carbonyl (C=O) groups is 1. The van der Waals surface area contributed by atoms with Gasteiger partial charge in [0.05, 0.1) is 5.69 Å². The van der Waals surface area contributed by atoms with Gasteiger partial charge in [0.2, 0.25) is 0 Å². The SMILES string of the molecule is CCN(C)C(=O)NCc1c(C)nn(C)c1C. The van der Waals surface area contributed by atoms with E-state index in [4.69, 9.17) is 0 Å². The lowest BCUT2D eigenvalue weighted by Crippen LogP contribution is -2.36. The third kappa shape index (κ3) is 2.53. The second-order valence-corrected chi connectivity index (χ2v) is 3.95. The number of aromatic nitrogens is 2. The second-order valence-electron chi connectivity index (χ2n) is 3.95. The van der Waals surface area contributed by atoms with Crippen LogP contribution in [-0.2, 0) is 13.6 Å². The van der Waals surface area contributed by atoms with Crippen LogP contribution in [0.25, 0.3) is 0 Å². The first-order valence-corrected chi connectivity index (χ1v) is 5.45. The van der Waals surface area contributed by atoms with E-state index in [1.165, 1.54) is 0 Å². The van der Waals surface area contributed by atoms with Crippen LogP contribution >= 0.6 is 0 Å². The Bertz CT molecular complexity index is 384. The summed E-state index contributed by atoms with van der Waals surface area (Å²) in [6.07, 6.45) is 0. The first-order chi connectivity index (χ1) is 7.47. The number of carbonyl (C=O) groups excluding carboxylic acids is 1. The van der Waals surface area contributed by atoms with E-state index in [0.717, 1.165) is 17.0 Å². The van der Waals surface area contributed by atoms with Crippen molar-refractivity contribution in [2.24, 2.45) is 7.05 Å². The smallest absolute Gasteiger partial charge is 0.317 e. The Hall–Kier alpha value is -1.52. The van der Waals surface area contributed by atoms with E-state index in [-0.39, 0.29) is 6.03 Å². The van der Waals surface area contributed by atoms with E-state index >= 15 is 0 Å². The molecule has 0 saturated carbocycles. The minimum absolute atomic E-state index is 0.0508. The molecule has 0 unspecified atom stereocenters. The van der Waals surface area contributed by atoms with Gasteiger partial charge in [0.1, 0.15) is 0 Å². The van der Waals surface area contributed by atoms with Gasteiger partial charge in [0, 0.05) is 38.4 Å². The van der Waals surface area contributed by atoms with Crippen molar-refractivity contribution in [3.63, 3.8) is 0 Å². The molecule has 5 nitrogen and oxygen atoms in total. The molecule has 0 radical (unpaired) electrons. The highest BCUT2D eigenvalue weighted by molar-refractivity contribution is 5.73. The molecule has 0 aliphatic carbocycles. The summed E-state index contributed by atoms with van der Waals surface area (Å²) < 4.78 is 1.83. The molecule has 16 heavy (non-hydrogen) atoms. The summed E-state index contributed by atoms with van der Waals surface area (Å²) in [5.41, 5.74) is 3.16. The van der Waals surface area contributed by atoms with Crippen LogP contribution in [-0.4, -0.2) is 34.3 Å². The Morgan fingerprint density at radius 3 is 2.56 bits per heavy atom. The van der Waals surface area contributed by atoms with E-state index in [2.05, 4.69) is 10.4 Å². The average molecular weight is 224 g/mol. The third-order valence-corrected chi connectivity index (χ3v) is 2.90. The van der Waals surface area contributed by atoms with E-state index < -0.39 is 0 Å². The van der Waals surface area contributed by atoms with Gasteiger partial charge in [-0.05, 0) is 20.8 Å². The number of nitrogens with zero attached hydrogens (tertiary/aromatic N) is 3. The van der Waals surface area contributed by atoms with Crippen molar-refractivity contribution in [2.45, 2.75) is 27.3 Å². The molecule has 0 aliphatic rings. The van der Waals surface area contributed by atoms with Gasteiger partial charge in [-0.2, -0.15) is 5.10 Å². The van der Waals surface area contributed by atoms with Crippen molar-refractivity contribution in [3.05, 3.63) is 17.0 Å². The Morgan fingerprint density at radius 1 is 1.50 bits per heavy atom. The highest BCUT2D eigenvalue weighted by Gasteiger charge is 2.11. The van der Waals surface area contributed by atoms with Crippen molar-refractivity contribution in [3.8, 4) is 0 Å². The van der Waals surface area contributed by atoms with Crippen molar-refractivity contribution in [2.75, 3.05) is 13.6 Å². The maximum Gasteiger partial charge on any atom is 0.317 e. The van der Waals surface area contributed by atoms with Gasteiger partial charge in [0.25, 0.3) is 0 Å². The normalized spacial score (nSPS) is 10.3. The summed E-state index contributed by atoms with van der Waals surface area (Å²) in [5, 5.41) is 7.18. The number of urea groups is 1. The second kappa shape index (κ2) is 5.01. The molecule has 2 amide bonds. The lowest BCUT2D eigenvalue weighted by Gasteiger charge is -2.15. The van der Waals surface area contributed by atoms with Crippen LogP contribution in [0.5, 0.6) is 0 Å². The maximum atomic E-state index is 11.6. The van der Waals surface area contributed by atoms with Crippen LogP contribution in [0, 0.1) is 13.8 Å². The zero-order valence-electron chi connectivity index (χ0n) is 10.7. The molecule has 0 aliphatic heterocycles. The van der Waals surface area contributed by atoms with Crippen LogP contribution in [0.2, 0.25) is 0 Å². The molecule has 0 atom stereocenters. The lowest BCUT2D eigenvalue weighted by molar-refractivity contribution is 0.210. The topological polar surface area (TPSA) is 50.2 Å². The Morgan fingerprint density at radius 2 is 2.12 bits per heavy atom. The zero-order valence-corrected chi connectivity index (χ0v) is 10.7. The number of hydrogen-bond donors (Lipinski definition) is 1. The summed E-state index contributed by atoms with van der Waals surface area (Å²) in [6, 6.07) is -0.0508. The number of aryl methyl sites for hydroxylation is 2. The maximum absolute atomic E-state index is 11.6. The highest BCUT2D eigenvalue weighted by atomic mass is 16.2. The van der Waals surface area contributed by atoms with Gasteiger partial charge in [-0.25, -0.2) is 4.79 Å². The molecule has 0 spiro atoms. The number of nitrogens with one attached hydrogen (secondary N) is 1. The standard InChI is InChI=1S/C11H20N4O/c1-6-14(4)11(16)12-7-10-8(2)13-15(5)9(10)3/h6-7H2,1-5H3,(H,12,16). The molecule has 90 valence electrons. The minimum Gasteiger partial charge on any atom is -0.334 e. The van der Waals surface area contributed by atoms with Crippen LogP contribution in [0.3, 0.4) is 0 Å². The third-order valence-electron chi connectivity index (χ3n) is 2.90. The van der Waals surface area contributed by atoms with E-state index in [1.807, 2.05) is 32.5 Å². The number of amides is 2. The number of rotatable bonds is 3. The fourth-order valence-electron chi connectivity index (χ4n) is 1.52. The number of hydrogen-bond acceptors (Lipinski definition) is 2. The molecule has 1 rings (SSSR count). The lowest BCUT2D eigenvalue weighted by atomic mass is 10.2. The molecule has 5 heteroatoms. The zero-order chi connectivity index (χ0) is 12.3. The monoisotopic (exact) mass is 224 g/mol. The van der Waals surface area contributed by atoms with E-state index in [9.17, 15) is 4.79 Å². The summed E-state index contributed by atoms with van der Waals surface area (Å²) in [7, 11) is 3.68. The van der Waals surface area contributed by atoms with Gasteiger partial charge >= 0.3 is 6.03 Å². The first-order valence-electron chi connectivity index (χ1n) is 5.45. The molecule has 0 fully saturated rings. The van der Waals surface area contributed by atoms with Gasteiger partial charge in [0.15, 0.2) is 0 Å². The fourth-order valence-corrected chi connectivity index (χ4v) is 1.52. The van der Waals surface area contributed by atoms with Crippen LogP contribution < -0.4 is 5.32 Å². The molecule has 1 heterocycles. The van der Waals surface area contributed by atoms with Crippen molar-refractivity contribution >= 4 is 6.03 Å². The van der Waals surface area contributed by atoms with Crippen molar-refractivity contribution in [1.82, 2.24) is 20.0 Å². The Labute approximate surface area is 96.4 Å². The van der Waals surface area contributed by atoms with Gasteiger partial charge < -0.3 is 10.2 Å². The summed E-state index contributed by atoms with van der Waals surface area (Å²) in [6.45, 7) is 7.15. The molecule has 1 aromatic rings.